The Morgan fingerprint density at radius 1 is 0.276 bits per heavy atom. The van der Waals surface area contributed by atoms with Gasteiger partial charge in [-0.1, -0.05) is 0 Å². The van der Waals surface area contributed by atoms with Crippen LogP contribution in [0.1, 0.15) is 156 Å². The Morgan fingerprint density at radius 2 is 0.517 bits per heavy atom. The molecule has 29 heavy (non-hydrogen) atoms. The van der Waals surface area contributed by atoms with E-state index in [1.807, 2.05) is 0 Å². The van der Waals surface area contributed by atoms with Crippen molar-refractivity contribution in [3.05, 3.63) is 0 Å². The monoisotopic (exact) mass is 516 g/mol. The normalized spacial score (nSPS) is 12.0. The molecule has 0 heterocycles. The molecule has 0 saturated carbocycles. The predicted molar refractivity (Wildman–Crippen MR) is 140 cm³/mol. The Bertz CT molecular complexity index is 258. The molecular weight excluding hydrogens is 455 g/mol. The third-order valence-corrected chi connectivity index (χ3v) is 23.4. The Balaban J connectivity index is 4.52. The molecule has 0 N–H and O–H groups in total. The van der Waals surface area contributed by atoms with Gasteiger partial charge in [0, 0.05) is 0 Å². The second-order valence-electron chi connectivity index (χ2n) is 10.2. The molecule has 0 radical (unpaired) electrons. The summed E-state index contributed by atoms with van der Waals surface area (Å²) in [5, 5.41) is 0. The van der Waals surface area contributed by atoms with Gasteiger partial charge in [0.05, 0.1) is 0 Å². The van der Waals surface area contributed by atoms with E-state index in [1.54, 1.807) is 43.4 Å². The predicted octanol–water partition coefficient (Wildman–Crippen LogP) is 11.3. The summed E-state index contributed by atoms with van der Waals surface area (Å²) in [7, 11) is 0. The van der Waals surface area contributed by atoms with Crippen LogP contribution >= 0.6 is 0 Å². The van der Waals surface area contributed by atoms with Crippen molar-refractivity contribution in [3.8, 4) is 0 Å². The molecule has 0 bridgehead atoms. The van der Waals surface area contributed by atoms with E-state index in [2.05, 4.69) is 27.7 Å². The quantitative estimate of drug-likeness (QED) is 0.0886. The van der Waals surface area contributed by atoms with Gasteiger partial charge >= 0.3 is 192 Å². The summed E-state index contributed by atoms with van der Waals surface area (Å²) >= 11 is -1.90. The molecule has 0 aromatic heterocycles. The fraction of sp³-hybridized carbons (Fsp3) is 1.00. The number of hydrogen-bond acceptors (Lipinski definition) is 0. The van der Waals surface area contributed by atoms with E-state index in [0.29, 0.717) is 0 Å². The molecule has 0 atom stereocenters. The second kappa shape index (κ2) is 23.5. The van der Waals surface area contributed by atoms with E-state index in [4.69, 9.17) is 0 Å². The molecule has 0 saturated heterocycles. The minimum atomic E-state index is -1.90. The number of hydrogen-bond donors (Lipinski definition) is 0. The molecule has 0 spiro atoms. The molecule has 0 unspecified atom stereocenters. The molecule has 1 heteroatoms. The zero-order chi connectivity index (χ0) is 21.5. The molecule has 0 amide bonds. The molecule has 0 aliphatic heterocycles. The van der Waals surface area contributed by atoms with Crippen LogP contribution in [-0.4, -0.2) is 18.4 Å². The molecular formula is C28H60Sn. The van der Waals surface area contributed by atoms with Crippen molar-refractivity contribution < 1.29 is 0 Å². The van der Waals surface area contributed by atoms with Crippen LogP contribution in [0.3, 0.4) is 0 Å². The average molecular weight is 515 g/mol. The number of unbranched alkanes of at least 4 members (excludes halogenated alkanes) is 16. The van der Waals surface area contributed by atoms with Gasteiger partial charge in [-0.3, -0.25) is 0 Å². The van der Waals surface area contributed by atoms with E-state index >= 15 is 0 Å². The van der Waals surface area contributed by atoms with Crippen LogP contribution in [0.5, 0.6) is 0 Å². The second-order valence-corrected chi connectivity index (χ2v) is 24.4. The summed E-state index contributed by atoms with van der Waals surface area (Å²) in [4.78, 5) is 0. The maximum absolute atomic E-state index is 2.43. The summed E-state index contributed by atoms with van der Waals surface area (Å²) in [6.45, 7) is 9.45. The van der Waals surface area contributed by atoms with Gasteiger partial charge in [0.2, 0.25) is 0 Å². The van der Waals surface area contributed by atoms with E-state index < -0.39 is 18.4 Å². The molecule has 0 aromatic carbocycles. The van der Waals surface area contributed by atoms with Crippen LogP contribution in [0, 0.1) is 0 Å². The van der Waals surface area contributed by atoms with Crippen molar-refractivity contribution in [2.24, 2.45) is 0 Å². The van der Waals surface area contributed by atoms with Gasteiger partial charge < -0.3 is 0 Å². The molecule has 176 valence electrons. The summed E-state index contributed by atoms with van der Waals surface area (Å²) in [6, 6.07) is 0. The Labute approximate surface area is 191 Å². The van der Waals surface area contributed by atoms with Gasteiger partial charge in [0.25, 0.3) is 0 Å². The van der Waals surface area contributed by atoms with E-state index in [-0.39, 0.29) is 0 Å². The summed E-state index contributed by atoms with van der Waals surface area (Å²) in [5.74, 6) is 0. The first-order valence-electron chi connectivity index (χ1n) is 14.2. The Kier molecular flexibility index (Phi) is 24.1. The molecule has 0 aromatic rings. The first-order chi connectivity index (χ1) is 14.2. The molecule has 0 aliphatic carbocycles. The van der Waals surface area contributed by atoms with E-state index in [9.17, 15) is 0 Å². The van der Waals surface area contributed by atoms with Crippen molar-refractivity contribution in [3.63, 3.8) is 0 Å². The minimum absolute atomic E-state index is 1.38. The van der Waals surface area contributed by atoms with Gasteiger partial charge in [-0.2, -0.15) is 0 Å². The fourth-order valence-corrected chi connectivity index (χ4v) is 21.1. The van der Waals surface area contributed by atoms with Gasteiger partial charge in [0.1, 0.15) is 0 Å². The van der Waals surface area contributed by atoms with E-state index in [1.165, 1.54) is 103 Å². The van der Waals surface area contributed by atoms with Crippen LogP contribution < -0.4 is 0 Å². The summed E-state index contributed by atoms with van der Waals surface area (Å²) in [6.07, 6.45) is 29.9. The first kappa shape index (κ1) is 29.8. The summed E-state index contributed by atoms with van der Waals surface area (Å²) < 4.78 is 6.95. The third-order valence-electron chi connectivity index (χ3n) is 7.24. The SMILES string of the molecule is CCCCCCC[CH2][Sn]([CH2]CCC)([CH2]CCCCCCC)[CH2]CCCCCCC. The molecule has 0 nitrogen and oxygen atoms in total. The Hall–Kier alpha value is 0.799. The van der Waals surface area contributed by atoms with Crippen LogP contribution in [0.2, 0.25) is 17.7 Å². The fourth-order valence-electron chi connectivity index (χ4n) is 5.14. The van der Waals surface area contributed by atoms with E-state index in [0.717, 1.165) is 0 Å². The van der Waals surface area contributed by atoms with Crippen LogP contribution in [0.25, 0.3) is 0 Å². The summed E-state index contributed by atoms with van der Waals surface area (Å²) in [5.41, 5.74) is 0. The number of rotatable bonds is 24. The maximum atomic E-state index is 2.43. The van der Waals surface area contributed by atoms with Crippen LogP contribution in [-0.2, 0) is 0 Å². The van der Waals surface area contributed by atoms with Gasteiger partial charge in [-0.25, -0.2) is 0 Å². The van der Waals surface area contributed by atoms with Crippen molar-refractivity contribution in [2.75, 3.05) is 0 Å². The Morgan fingerprint density at radius 3 is 0.828 bits per heavy atom. The van der Waals surface area contributed by atoms with Gasteiger partial charge in [-0.05, 0) is 0 Å². The first-order valence-corrected chi connectivity index (χ1v) is 22.3. The van der Waals surface area contributed by atoms with Crippen molar-refractivity contribution in [2.45, 2.75) is 174 Å². The zero-order valence-corrected chi connectivity index (χ0v) is 24.3. The molecule has 0 fully saturated rings. The van der Waals surface area contributed by atoms with Crippen molar-refractivity contribution in [1.82, 2.24) is 0 Å². The standard InChI is InChI=1S/3C8H17.C4H9.Sn/c3*1-3-5-7-8-6-4-2;1-3-4-2;/h3*1,3-8H2,2H3;1,3-4H2,2H3;. The molecule has 0 aliphatic rings. The average Bonchev–Trinajstić information content (AvgIpc) is 2.74. The molecule has 0 rings (SSSR count). The zero-order valence-electron chi connectivity index (χ0n) is 21.5. The third kappa shape index (κ3) is 19.2. The topological polar surface area (TPSA) is 0 Å². The van der Waals surface area contributed by atoms with Crippen molar-refractivity contribution >= 4 is 18.4 Å². The van der Waals surface area contributed by atoms with Gasteiger partial charge in [0.15, 0.2) is 0 Å². The van der Waals surface area contributed by atoms with Crippen molar-refractivity contribution in [1.29, 1.82) is 0 Å². The van der Waals surface area contributed by atoms with Crippen LogP contribution in [0.15, 0.2) is 0 Å². The van der Waals surface area contributed by atoms with Gasteiger partial charge in [-0.15, -0.1) is 0 Å². The van der Waals surface area contributed by atoms with Crippen LogP contribution in [0.4, 0.5) is 0 Å².